The Bertz CT molecular complexity index is 923. The van der Waals surface area contributed by atoms with E-state index in [1.807, 2.05) is 66.7 Å². The second kappa shape index (κ2) is 10.3. The van der Waals surface area contributed by atoms with Crippen LogP contribution in [0.2, 0.25) is 0 Å². The number of nitrogens with zero attached hydrogens (tertiary/aromatic N) is 1. The highest BCUT2D eigenvalue weighted by molar-refractivity contribution is 9.11. The highest BCUT2D eigenvalue weighted by Crippen LogP contribution is 2.35. The van der Waals surface area contributed by atoms with Crippen LogP contribution < -0.4 is 14.9 Å². The number of para-hydroxylation sites is 1. The van der Waals surface area contributed by atoms with Gasteiger partial charge in [0.15, 0.2) is 0 Å². The van der Waals surface area contributed by atoms with E-state index in [-0.39, 0.29) is 0 Å². The first-order valence-electron chi connectivity index (χ1n) is 8.71. The molecule has 3 rings (SSSR count). The Hall–Kier alpha value is -2.31. The Labute approximate surface area is 181 Å². The topological polar surface area (TPSA) is 42.8 Å². The van der Waals surface area contributed by atoms with Crippen molar-refractivity contribution in [2.45, 2.75) is 13.2 Å². The molecule has 0 aliphatic carbocycles. The van der Waals surface area contributed by atoms with Crippen LogP contribution in [0.5, 0.6) is 11.5 Å². The van der Waals surface area contributed by atoms with Crippen molar-refractivity contribution in [2.24, 2.45) is 5.10 Å². The lowest BCUT2D eigenvalue weighted by Gasteiger charge is -2.11. The lowest BCUT2D eigenvalue weighted by molar-refractivity contribution is 0.302. The third-order valence-corrected chi connectivity index (χ3v) is 5.19. The molecule has 3 aromatic carbocycles. The standard InChI is InChI=1S/C22H20Br2N2O2/c1-27-21-10-6-5-9-18(21)14-26-25-13-17-11-19(23)22(20(24)12-17)28-15-16-7-3-2-4-8-16/h2-13,26H,14-15H2,1H3/b25-13-. The summed E-state index contributed by atoms with van der Waals surface area (Å²) >= 11 is 7.16. The zero-order valence-corrected chi connectivity index (χ0v) is 18.5. The summed E-state index contributed by atoms with van der Waals surface area (Å²) in [6.45, 7) is 1.09. The van der Waals surface area contributed by atoms with Crippen molar-refractivity contribution in [1.29, 1.82) is 0 Å². The van der Waals surface area contributed by atoms with E-state index in [0.717, 1.165) is 37.1 Å². The highest BCUT2D eigenvalue weighted by Gasteiger charge is 2.09. The molecule has 3 aromatic rings. The van der Waals surface area contributed by atoms with Crippen LogP contribution in [0.4, 0.5) is 0 Å². The molecule has 0 atom stereocenters. The fourth-order valence-corrected chi connectivity index (χ4v) is 4.07. The Morgan fingerprint density at radius 3 is 2.36 bits per heavy atom. The van der Waals surface area contributed by atoms with Crippen LogP contribution in [-0.4, -0.2) is 13.3 Å². The number of hydrazone groups is 1. The van der Waals surface area contributed by atoms with Crippen LogP contribution in [0.1, 0.15) is 16.7 Å². The summed E-state index contributed by atoms with van der Waals surface area (Å²) < 4.78 is 13.0. The molecular formula is C22H20Br2N2O2. The summed E-state index contributed by atoms with van der Waals surface area (Å²) in [5, 5.41) is 4.30. The molecule has 0 bridgehead atoms. The summed E-state index contributed by atoms with van der Waals surface area (Å²) in [7, 11) is 1.67. The van der Waals surface area contributed by atoms with Crippen molar-refractivity contribution < 1.29 is 9.47 Å². The minimum absolute atomic E-state index is 0.506. The van der Waals surface area contributed by atoms with Crippen LogP contribution in [-0.2, 0) is 13.2 Å². The van der Waals surface area contributed by atoms with Gasteiger partial charge in [-0.1, -0.05) is 48.5 Å². The molecule has 0 unspecified atom stereocenters. The maximum atomic E-state index is 5.95. The summed E-state index contributed by atoms with van der Waals surface area (Å²) in [6, 6.07) is 21.9. The highest BCUT2D eigenvalue weighted by atomic mass is 79.9. The van der Waals surface area contributed by atoms with Gasteiger partial charge in [0.25, 0.3) is 0 Å². The SMILES string of the molecule is COc1ccccc1CN/N=C\c1cc(Br)c(OCc2ccccc2)c(Br)c1. The molecule has 0 aliphatic heterocycles. The van der Waals surface area contributed by atoms with Crippen molar-refractivity contribution in [3.8, 4) is 11.5 Å². The van der Waals surface area contributed by atoms with E-state index < -0.39 is 0 Å². The van der Waals surface area contributed by atoms with Gasteiger partial charge in [-0.25, -0.2) is 0 Å². The van der Waals surface area contributed by atoms with Crippen molar-refractivity contribution in [1.82, 2.24) is 5.43 Å². The van der Waals surface area contributed by atoms with Crippen molar-refractivity contribution >= 4 is 38.1 Å². The van der Waals surface area contributed by atoms with Crippen LogP contribution in [0.3, 0.4) is 0 Å². The molecule has 0 aromatic heterocycles. The molecule has 1 N–H and O–H groups in total. The number of halogens is 2. The fraction of sp³-hybridized carbons (Fsp3) is 0.136. The van der Waals surface area contributed by atoms with E-state index in [2.05, 4.69) is 42.4 Å². The number of nitrogens with one attached hydrogen (secondary N) is 1. The zero-order valence-electron chi connectivity index (χ0n) is 15.4. The minimum atomic E-state index is 0.506. The minimum Gasteiger partial charge on any atom is -0.496 e. The molecule has 0 aliphatic rings. The van der Waals surface area contributed by atoms with Crippen LogP contribution in [0.25, 0.3) is 0 Å². The molecule has 144 valence electrons. The first-order valence-corrected chi connectivity index (χ1v) is 10.3. The smallest absolute Gasteiger partial charge is 0.148 e. The third kappa shape index (κ3) is 5.59. The monoisotopic (exact) mass is 502 g/mol. The third-order valence-electron chi connectivity index (χ3n) is 4.01. The van der Waals surface area contributed by atoms with E-state index >= 15 is 0 Å². The molecule has 0 amide bonds. The number of benzene rings is 3. The summed E-state index contributed by atoms with van der Waals surface area (Å²) in [5.41, 5.74) is 6.16. The first-order chi connectivity index (χ1) is 13.7. The van der Waals surface area contributed by atoms with Crippen molar-refractivity contribution in [3.63, 3.8) is 0 Å². The maximum Gasteiger partial charge on any atom is 0.148 e. The number of rotatable bonds is 8. The molecular weight excluding hydrogens is 484 g/mol. The molecule has 6 heteroatoms. The fourth-order valence-electron chi connectivity index (χ4n) is 2.62. The number of methoxy groups -OCH3 is 1. The van der Waals surface area contributed by atoms with Gasteiger partial charge in [-0.3, -0.25) is 0 Å². The van der Waals surface area contributed by atoms with E-state index in [1.54, 1.807) is 13.3 Å². The van der Waals surface area contributed by atoms with E-state index in [0.29, 0.717) is 13.2 Å². The lowest BCUT2D eigenvalue weighted by atomic mass is 10.2. The molecule has 0 saturated carbocycles. The second-order valence-electron chi connectivity index (χ2n) is 5.99. The number of hydrogen-bond donors (Lipinski definition) is 1. The number of ether oxygens (including phenoxy) is 2. The van der Waals surface area contributed by atoms with Crippen LogP contribution in [0, 0.1) is 0 Å². The zero-order chi connectivity index (χ0) is 19.8. The Morgan fingerprint density at radius 1 is 0.964 bits per heavy atom. The Kier molecular flexibility index (Phi) is 7.51. The maximum absolute atomic E-state index is 5.95. The first kappa shape index (κ1) is 20.4. The van der Waals surface area contributed by atoms with Crippen LogP contribution >= 0.6 is 31.9 Å². The molecule has 0 saturated heterocycles. The molecule has 28 heavy (non-hydrogen) atoms. The van der Waals surface area contributed by atoms with Gasteiger partial charge in [0, 0.05) is 5.56 Å². The van der Waals surface area contributed by atoms with Crippen molar-refractivity contribution in [3.05, 3.63) is 92.4 Å². The van der Waals surface area contributed by atoms with Crippen molar-refractivity contribution in [2.75, 3.05) is 7.11 Å². The van der Waals surface area contributed by atoms with Gasteiger partial charge in [0.1, 0.15) is 18.1 Å². The van der Waals surface area contributed by atoms with Gasteiger partial charge in [0.05, 0.1) is 28.8 Å². The van der Waals surface area contributed by atoms with Gasteiger partial charge in [0.2, 0.25) is 0 Å². The Balaban J connectivity index is 1.61. The van der Waals surface area contributed by atoms with E-state index in [1.165, 1.54) is 0 Å². The molecule has 0 heterocycles. The summed E-state index contributed by atoms with van der Waals surface area (Å²) in [5.74, 6) is 1.61. The predicted octanol–water partition coefficient (Wildman–Crippen LogP) is 5.92. The van der Waals surface area contributed by atoms with E-state index in [4.69, 9.17) is 9.47 Å². The quantitative estimate of drug-likeness (QED) is 0.306. The molecule has 4 nitrogen and oxygen atoms in total. The van der Waals surface area contributed by atoms with Gasteiger partial charge in [-0.15, -0.1) is 0 Å². The summed E-state index contributed by atoms with van der Waals surface area (Å²) in [6.07, 6.45) is 1.77. The van der Waals surface area contributed by atoms with Crippen LogP contribution in [0.15, 0.2) is 80.8 Å². The van der Waals surface area contributed by atoms with E-state index in [9.17, 15) is 0 Å². The molecule has 0 spiro atoms. The van der Waals surface area contributed by atoms with Gasteiger partial charge >= 0.3 is 0 Å². The number of hydrogen-bond acceptors (Lipinski definition) is 4. The predicted molar refractivity (Wildman–Crippen MR) is 120 cm³/mol. The average Bonchev–Trinajstić information content (AvgIpc) is 2.71. The van der Waals surface area contributed by atoms with Gasteiger partial charge in [-0.05, 0) is 61.2 Å². The largest absolute Gasteiger partial charge is 0.496 e. The Morgan fingerprint density at radius 2 is 1.64 bits per heavy atom. The normalized spacial score (nSPS) is 10.8. The lowest BCUT2D eigenvalue weighted by Crippen LogP contribution is -2.07. The van der Waals surface area contributed by atoms with Gasteiger partial charge < -0.3 is 14.9 Å². The summed E-state index contributed by atoms with van der Waals surface area (Å²) in [4.78, 5) is 0. The second-order valence-corrected chi connectivity index (χ2v) is 7.70. The average molecular weight is 504 g/mol. The molecule has 0 fully saturated rings. The van der Waals surface area contributed by atoms with Gasteiger partial charge in [-0.2, -0.15) is 5.10 Å². The molecule has 0 radical (unpaired) electrons.